The van der Waals surface area contributed by atoms with Crippen molar-refractivity contribution in [3.8, 4) is 0 Å². The molecule has 0 fully saturated rings. The largest absolute Gasteiger partial charge is 0.457 e. The van der Waals surface area contributed by atoms with E-state index in [-0.39, 0.29) is 5.76 Å². The minimum absolute atomic E-state index is 0.0264. The van der Waals surface area contributed by atoms with Gasteiger partial charge in [-0.15, -0.1) is 0 Å². The third kappa shape index (κ3) is 4.36. The summed E-state index contributed by atoms with van der Waals surface area (Å²) < 4.78 is 10.4. The molecule has 2 heterocycles. The van der Waals surface area contributed by atoms with Crippen molar-refractivity contribution in [2.75, 3.05) is 0 Å². The van der Waals surface area contributed by atoms with Gasteiger partial charge in [-0.25, -0.2) is 4.79 Å². The smallest absolute Gasteiger partial charge is 0.375 e. The lowest BCUT2D eigenvalue weighted by molar-refractivity contribution is -0.130. The molecule has 0 aliphatic rings. The summed E-state index contributed by atoms with van der Waals surface area (Å²) in [5.74, 6) is -1.15. The van der Waals surface area contributed by atoms with E-state index in [0.29, 0.717) is 12.2 Å². The minimum atomic E-state index is -1.17. The van der Waals surface area contributed by atoms with Crippen molar-refractivity contribution in [1.29, 1.82) is 0 Å². The summed E-state index contributed by atoms with van der Waals surface area (Å²) in [5.41, 5.74) is 2.02. The normalized spacial score (nSPS) is 11.6. The van der Waals surface area contributed by atoms with Gasteiger partial charge in [-0.1, -0.05) is 36.4 Å². The topological polar surface area (TPSA) is 81.4 Å². The average Bonchev–Trinajstić information content (AvgIpc) is 3.20. The Morgan fingerprint density at radius 3 is 2.58 bits per heavy atom. The first-order chi connectivity index (χ1) is 12.6. The van der Waals surface area contributed by atoms with Gasteiger partial charge in [0.15, 0.2) is 0 Å². The van der Waals surface area contributed by atoms with E-state index in [9.17, 15) is 9.59 Å². The van der Waals surface area contributed by atoms with E-state index in [0.717, 1.165) is 11.3 Å². The standard InChI is InChI=1S/C20H18N2O4/c1-14-7-5-10-16(22-14)18(26-20(24)17-11-6-12-25-17)19(23)21-13-15-8-3-2-4-9-15/h2-12,18H,13H2,1H3,(H,21,23)/t18-/m1/s1. The molecular formula is C20H18N2O4. The molecule has 1 N–H and O–H groups in total. The molecule has 26 heavy (non-hydrogen) atoms. The Hall–Kier alpha value is -3.41. The van der Waals surface area contributed by atoms with Gasteiger partial charge < -0.3 is 14.5 Å². The number of benzene rings is 1. The predicted molar refractivity (Wildman–Crippen MR) is 94.1 cm³/mol. The van der Waals surface area contributed by atoms with Crippen molar-refractivity contribution in [2.24, 2.45) is 0 Å². The molecule has 0 spiro atoms. The lowest BCUT2D eigenvalue weighted by Gasteiger charge is -2.17. The highest BCUT2D eigenvalue weighted by Crippen LogP contribution is 2.19. The number of hydrogen-bond acceptors (Lipinski definition) is 5. The maximum absolute atomic E-state index is 12.7. The molecule has 0 bridgehead atoms. The van der Waals surface area contributed by atoms with E-state index in [1.54, 1.807) is 31.2 Å². The molecule has 3 rings (SSSR count). The van der Waals surface area contributed by atoms with Crippen LogP contribution in [0, 0.1) is 6.92 Å². The molecule has 6 nitrogen and oxygen atoms in total. The van der Waals surface area contributed by atoms with Crippen LogP contribution in [0.15, 0.2) is 71.3 Å². The number of ether oxygens (including phenoxy) is 1. The SMILES string of the molecule is Cc1cccc([C@@H](OC(=O)c2ccco2)C(=O)NCc2ccccc2)n1. The van der Waals surface area contributed by atoms with Crippen LogP contribution in [0.5, 0.6) is 0 Å². The van der Waals surface area contributed by atoms with Gasteiger partial charge >= 0.3 is 5.97 Å². The van der Waals surface area contributed by atoms with E-state index in [1.165, 1.54) is 12.3 Å². The second kappa shape index (κ2) is 8.11. The molecule has 0 saturated carbocycles. The highest BCUT2D eigenvalue weighted by atomic mass is 16.6. The van der Waals surface area contributed by atoms with Gasteiger partial charge in [0, 0.05) is 12.2 Å². The highest BCUT2D eigenvalue weighted by Gasteiger charge is 2.27. The van der Waals surface area contributed by atoms with Crippen LogP contribution in [0.1, 0.15) is 33.6 Å². The molecule has 0 saturated heterocycles. The van der Waals surface area contributed by atoms with Crippen LogP contribution < -0.4 is 5.32 Å². The number of rotatable bonds is 6. The summed E-state index contributed by atoms with van der Waals surface area (Å²) >= 11 is 0. The van der Waals surface area contributed by atoms with Crippen molar-refractivity contribution >= 4 is 11.9 Å². The van der Waals surface area contributed by atoms with Gasteiger partial charge in [-0.2, -0.15) is 0 Å². The number of pyridine rings is 1. The Bertz CT molecular complexity index is 876. The van der Waals surface area contributed by atoms with Crippen LogP contribution in [-0.4, -0.2) is 16.9 Å². The van der Waals surface area contributed by atoms with Crippen molar-refractivity contribution in [2.45, 2.75) is 19.6 Å². The number of carbonyl (C=O) groups is 2. The van der Waals surface area contributed by atoms with Gasteiger partial charge in [0.25, 0.3) is 5.91 Å². The lowest BCUT2D eigenvalue weighted by atomic mass is 10.2. The van der Waals surface area contributed by atoms with Crippen LogP contribution in [0.3, 0.4) is 0 Å². The maximum Gasteiger partial charge on any atom is 0.375 e. The number of aryl methyl sites for hydroxylation is 1. The molecule has 1 atom stereocenters. The minimum Gasteiger partial charge on any atom is -0.457 e. The van der Waals surface area contributed by atoms with Gasteiger partial charge in [0.2, 0.25) is 11.9 Å². The highest BCUT2D eigenvalue weighted by molar-refractivity contribution is 5.90. The molecule has 132 valence electrons. The fraction of sp³-hybridized carbons (Fsp3) is 0.150. The van der Waals surface area contributed by atoms with Gasteiger partial charge in [0.1, 0.15) is 0 Å². The fourth-order valence-corrected chi connectivity index (χ4v) is 2.40. The summed E-state index contributed by atoms with van der Waals surface area (Å²) in [6, 6.07) is 17.7. The Labute approximate surface area is 150 Å². The van der Waals surface area contributed by atoms with Crippen LogP contribution in [-0.2, 0) is 16.1 Å². The first-order valence-electron chi connectivity index (χ1n) is 8.13. The monoisotopic (exact) mass is 350 g/mol. The Kier molecular flexibility index (Phi) is 5.43. The van der Waals surface area contributed by atoms with E-state index in [1.807, 2.05) is 30.3 Å². The molecule has 1 aromatic carbocycles. The fourth-order valence-electron chi connectivity index (χ4n) is 2.40. The van der Waals surface area contributed by atoms with Crippen molar-refractivity contribution < 1.29 is 18.7 Å². The number of hydrogen-bond donors (Lipinski definition) is 1. The van der Waals surface area contributed by atoms with E-state index in [2.05, 4.69) is 10.3 Å². The summed E-state index contributed by atoms with van der Waals surface area (Å²) in [6.45, 7) is 2.12. The van der Waals surface area contributed by atoms with Crippen molar-refractivity contribution in [3.63, 3.8) is 0 Å². The summed E-state index contributed by atoms with van der Waals surface area (Å²) in [7, 11) is 0. The van der Waals surface area contributed by atoms with E-state index >= 15 is 0 Å². The van der Waals surface area contributed by atoms with Crippen LogP contribution in [0.4, 0.5) is 0 Å². The number of carbonyl (C=O) groups excluding carboxylic acids is 2. The quantitative estimate of drug-likeness (QED) is 0.691. The molecule has 6 heteroatoms. The summed E-state index contributed by atoms with van der Waals surface area (Å²) in [5, 5.41) is 2.78. The Morgan fingerprint density at radius 2 is 1.88 bits per heavy atom. The summed E-state index contributed by atoms with van der Waals surface area (Å²) in [4.78, 5) is 29.2. The second-order valence-corrected chi connectivity index (χ2v) is 5.67. The zero-order valence-corrected chi connectivity index (χ0v) is 14.2. The molecule has 0 radical (unpaired) electrons. The number of amides is 1. The molecule has 0 aliphatic heterocycles. The third-order valence-corrected chi connectivity index (χ3v) is 3.67. The molecule has 0 unspecified atom stereocenters. The Balaban J connectivity index is 1.77. The number of nitrogens with one attached hydrogen (secondary N) is 1. The molecular weight excluding hydrogens is 332 g/mol. The van der Waals surface area contributed by atoms with Crippen LogP contribution in [0.25, 0.3) is 0 Å². The van der Waals surface area contributed by atoms with Crippen molar-refractivity contribution in [3.05, 3.63) is 89.6 Å². The Morgan fingerprint density at radius 1 is 1.08 bits per heavy atom. The number of esters is 1. The molecule has 3 aromatic rings. The van der Waals surface area contributed by atoms with Crippen LogP contribution >= 0.6 is 0 Å². The zero-order valence-electron chi connectivity index (χ0n) is 14.2. The molecule has 0 aliphatic carbocycles. The first kappa shape index (κ1) is 17.4. The summed E-state index contributed by atoms with van der Waals surface area (Å²) in [6.07, 6.45) is 0.197. The number of nitrogens with zero attached hydrogens (tertiary/aromatic N) is 1. The zero-order chi connectivity index (χ0) is 18.4. The third-order valence-electron chi connectivity index (χ3n) is 3.67. The first-order valence-corrected chi connectivity index (χ1v) is 8.13. The van der Waals surface area contributed by atoms with Gasteiger partial charge in [-0.3, -0.25) is 9.78 Å². The predicted octanol–water partition coefficient (Wildman–Crippen LogP) is 3.20. The van der Waals surface area contributed by atoms with Gasteiger partial charge in [-0.05, 0) is 36.8 Å². The van der Waals surface area contributed by atoms with Crippen LogP contribution in [0.2, 0.25) is 0 Å². The number of aromatic nitrogens is 1. The van der Waals surface area contributed by atoms with Crippen molar-refractivity contribution in [1.82, 2.24) is 10.3 Å². The second-order valence-electron chi connectivity index (χ2n) is 5.67. The van der Waals surface area contributed by atoms with E-state index < -0.39 is 18.0 Å². The average molecular weight is 350 g/mol. The maximum atomic E-state index is 12.7. The lowest BCUT2D eigenvalue weighted by Crippen LogP contribution is -2.32. The van der Waals surface area contributed by atoms with Gasteiger partial charge in [0.05, 0.1) is 12.0 Å². The molecule has 2 aromatic heterocycles. The number of furan rings is 1. The van der Waals surface area contributed by atoms with E-state index in [4.69, 9.17) is 9.15 Å². The molecule has 1 amide bonds.